The van der Waals surface area contributed by atoms with Crippen LogP contribution in [0.1, 0.15) is 31.2 Å². The van der Waals surface area contributed by atoms with Gasteiger partial charge >= 0.3 is 6.18 Å². The lowest BCUT2D eigenvalue weighted by atomic mass is 10.1. The third-order valence-electron chi connectivity index (χ3n) is 5.53. The van der Waals surface area contributed by atoms with Crippen LogP contribution in [0.2, 0.25) is 0 Å². The topological polar surface area (TPSA) is 49.2 Å². The molecule has 3 heterocycles. The first-order chi connectivity index (χ1) is 15.0. The van der Waals surface area contributed by atoms with Gasteiger partial charge < -0.3 is 15.0 Å². The van der Waals surface area contributed by atoms with Gasteiger partial charge in [-0.1, -0.05) is 17.8 Å². The fourth-order valence-electron chi connectivity index (χ4n) is 3.92. The normalized spacial score (nSPS) is 21.8. The number of dihydropyridines is 1. The summed E-state index contributed by atoms with van der Waals surface area (Å²) in [6, 6.07) is 4.11. The molecule has 1 fully saturated rings. The highest BCUT2D eigenvalue weighted by Crippen LogP contribution is 2.38. The number of anilines is 1. The zero-order valence-corrected chi connectivity index (χ0v) is 18.1. The van der Waals surface area contributed by atoms with Gasteiger partial charge in [-0.15, -0.1) is 0 Å². The lowest BCUT2D eigenvalue weighted by molar-refractivity contribution is -0.138. The lowest BCUT2D eigenvalue weighted by Gasteiger charge is -2.17. The standard InChI is InChI=1S/C22H27F3N4OS/c23-22(24,25)18-13-17(6-7-20(18)30-12-4-11-29-9-1-2-10-29)27-21-28-19(15-31-21)16-5-3-8-26-14-16/h5-7,13-14,19H,1-4,8-12,15H2,(H,27,28). The number of rotatable bonds is 7. The molecule has 1 unspecified atom stereocenters. The predicted molar refractivity (Wildman–Crippen MR) is 121 cm³/mol. The quantitative estimate of drug-likeness (QED) is 0.601. The average molecular weight is 453 g/mol. The third kappa shape index (κ3) is 6.04. The van der Waals surface area contributed by atoms with Gasteiger partial charge in [0.2, 0.25) is 0 Å². The Labute approximate surface area is 184 Å². The van der Waals surface area contributed by atoms with Gasteiger partial charge in [0.25, 0.3) is 0 Å². The summed E-state index contributed by atoms with van der Waals surface area (Å²) in [5.74, 6) is 0.631. The van der Waals surface area contributed by atoms with E-state index >= 15 is 0 Å². The molecule has 0 aromatic heterocycles. The van der Waals surface area contributed by atoms with Crippen molar-refractivity contribution in [3.8, 4) is 5.75 Å². The Balaban J connectivity index is 1.38. The molecule has 3 aliphatic rings. The molecule has 1 aromatic rings. The van der Waals surface area contributed by atoms with E-state index in [-0.39, 0.29) is 18.4 Å². The van der Waals surface area contributed by atoms with Crippen LogP contribution in [0, 0.1) is 0 Å². The van der Waals surface area contributed by atoms with Crippen molar-refractivity contribution in [1.82, 2.24) is 4.90 Å². The number of aliphatic imine (C=N–C) groups is 2. The Morgan fingerprint density at radius 3 is 2.81 bits per heavy atom. The van der Waals surface area contributed by atoms with E-state index in [0.717, 1.165) is 50.0 Å². The molecule has 1 saturated heterocycles. The molecular formula is C22H27F3N4OS. The minimum atomic E-state index is -4.49. The van der Waals surface area contributed by atoms with Crippen molar-refractivity contribution in [2.75, 3.05) is 43.9 Å². The first-order valence-corrected chi connectivity index (χ1v) is 11.7. The van der Waals surface area contributed by atoms with Crippen molar-refractivity contribution in [2.24, 2.45) is 9.98 Å². The van der Waals surface area contributed by atoms with E-state index in [1.807, 2.05) is 6.21 Å². The molecule has 168 valence electrons. The molecule has 0 radical (unpaired) electrons. The lowest BCUT2D eigenvalue weighted by Crippen LogP contribution is -2.22. The summed E-state index contributed by atoms with van der Waals surface area (Å²) in [7, 11) is 0. The van der Waals surface area contributed by atoms with Gasteiger partial charge in [-0.3, -0.25) is 9.98 Å². The van der Waals surface area contributed by atoms with E-state index in [4.69, 9.17) is 4.74 Å². The van der Waals surface area contributed by atoms with Crippen LogP contribution in [-0.2, 0) is 6.18 Å². The summed E-state index contributed by atoms with van der Waals surface area (Å²) < 4.78 is 46.4. The van der Waals surface area contributed by atoms with Crippen molar-refractivity contribution < 1.29 is 17.9 Å². The largest absolute Gasteiger partial charge is 0.493 e. The van der Waals surface area contributed by atoms with Crippen molar-refractivity contribution in [2.45, 2.75) is 37.9 Å². The highest BCUT2D eigenvalue weighted by molar-refractivity contribution is 8.14. The number of thioether (sulfide) groups is 1. The van der Waals surface area contributed by atoms with Crippen molar-refractivity contribution in [3.05, 3.63) is 35.4 Å². The second-order valence-electron chi connectivity index (χ2n) is 7.87. The van der Waals surface area contributed by atoms with Crippen molar-refractivity contribution >= 4 is 28.8 Å². The molecule has 31 heavy (non-hydrogen) atoms. The molecule has 1 N–H and O–H groups in total. The predicted octanol–water partition coefficient (Wildman–Crippen LogP) is 4.85. The zero-order chi connectivity index (χ0) is 21.7. The molecule has 0 bridgehead atoms. The number of amidine groups is 1. The Morgan fingerprint density at radius 2 is 2.06 bits per heavy atom. The van der Waals surface area contributed by atoms with Crippen LogP contribution in [0.3, 0.4) is 0 Å². The maximum absolute atomic E-state index is 13.6. The Bertz CT molecular complexity index is 863. The highest BCUT2D eigenvalue weighted by Gasteiger charge is 2.35. The van der Waals surface area contributed by atoms with E-state index < -0.39 is 11.7 Å². The molecule has 3 aliphatic heterocycles. The van der Waals surface area contributed by atoms with Gasteiger partial charge in [0.05, 0.1) is 18.2 Å². The smallest absolute Gasteiger partial charge is 0.420 e. The van der Waals surface area contributed by atoms with Crippen LogP contribution in [0.5, 0.6) is 5.75 Å². The molecule has 0 amide bonds. The van der Waals surface area contributed by atoms with Crippen LogP contribution in [0.25, 0.3) is 0 Å². The van der Waals surface area contributed by atoms with E-state index in [1.165, 1.54) is 30.7 Å². The SMILES string of the molecule is FC(F)(F)c1cc(NC2=NC(C3=CCCN=C3)CS2)ccc1OCCCN1CCCC1. The summed E-state index contributed by atoms with van der Waals surface area (Å²) in [4.78, 5) is 11.2. The minimum Gasteiger partial charge on any atom is -0.493 e. The van der Waals surface area contributed by atoms with E-state index in [1.54, 1.807) is 6.07 Å². The number of likely N-dealkylation sites (tertiary alicyclic amines) is 1. The van der Waals surface area contributed by atoms with Crippen LogP contribution in [-0.4, -0.2) is 60.9 Å². The summed E-state index contributed by atoms with van der Waals surface area (Å²) in [6.07, 6.45) is 3.50. The van der Waals surface area contributed by atoms with Crippen LogP contribution >= 0.6 is 11.8 Å². The maximum Gasteiger partial charge on any atom is 0.420 e. The number of halogens is 3. The van der Waals surface area contributed by atoms with E-state index in [9.17, 15) is 13.2 Å². The minimum absolute atomic E-state index is 0.00292. The van der Waals surface area contributed by atoms with E-state index in [2.05, 4.69) is 26.3 Å². The first-order valence-electron chi connectivity index (χ1n) is 10.7. The molecule has 0 spiro atoms. The molecule has 5 nitrogen and oxygen atoms in total. The first kappa shape index (κ1) is 22.2. The monoisotopic (exact) mass is 452 g/mol. The van der Waals surface area contributed by atoms with Gasteiger partial charge in [0.1, 0.15) is 5.75 Å². The van der Waals surface area contributed by atoms with Crippen molar-refractivity contribution in [3.63, 3.8) is 0 Å². The summed E-state index contributed by atoms with van der Waals surface area (Å²) in [6.45, 7) is 4.07. The summed E-state index contributed by atoms with van der Waals surface area (Å²) in [5.41, 5.74) is 0.667. The number of nitrogens with zero attached hydrogens (tertiary/aromatic N) is 3. The maximum atomic E-state index is 13.6. The molecular weight excluding hydrogens is 425 g/mol. The molecule has 1 atom stereocenters. The molecule has 4 rings (SSSR count). The number of hydrogen-bond donors (Lipinski definition) is 1. The van der Waals surface area contributed by atoms with Crippen molar-refractivity contribution in [1.29, 1.82) is 0 Å². The highest BCUT2D eigenvalue weighted by atomic mass is 32.2. The van der Waals surface area contributed by atoms with Gasteiger partial charge in [0.15, 0.2) is 5.17 Å². The summed E-state index contributed by atoms with van der Waals surface area (Å²) in [5, 5.41) is 3.66. The number of ether oxygens (including phenoxy) is 1. The number of hydrogen-bond acceptors (Lipinski definition) is 6. The third-order valence-corrected chi connectivity index (χ3v) is 6.49. The second kappa shape index (κ2) is 10.1. The van der Waals surface area contributed by atoms with Crippen LogP contribution < -0.4 is 10.1 Å². The fraction of sp³-hybridized carbons (Fsp3) is 0.545. The second-order valence-corrected chi connectivity index (χ2v) is 8.88. The number of benzene rings is 1. The Kier molecular flexibility index (Phi) is 7.22. The number of nitrogens with one attached hydrogen (secondary N) is 1. The van der Waals surface area contributed by atoms with Gasteiger partial charge in [-0.05, 0) is 62.5 Å². The Hall–Kier alpha value is -2.00. The Morgan fingerprint density at radius 1 is 1.23 bits per heavy atom. The average Bonchev–Trinajstić information content (AvgIpc) is 3.44. The molecule has 1 aromatic carbocycles. The van der Waals surface area contributed by atoms with E-state index in [0.29, 0.717) is 17.3 Å². The number of alkyl halides is 3. The van der Waals surface area contributed by atoms with Gasteiger partial charge in [-0.25, -0.2) is 0 Å². The molecule has 9 heteroatoms. The van der Waals surface area contributed by atoms with Gasteiger partial charge in [-0.2, -0.15) is 13.2 Å². The summed E-state index contributed by atoms with van der Waals surface area (Å²) >= 11 is 1.50. The fourth-order valence-corrected chi connectivity index (χ4v) is 4.89. The molecule has 0 saturated carbocycles. The zero-order valence-electron chi connectivity index (χ0n) is 17.3. The van der Waals surface area contributed by atoms with Crippen LogP contribution in [0.4, 0.5) is 18.9 Å². The van der Waals surface area contributed by atoms with Crippen LogP contribution in [0.15, 0.2) is 39.8 Å². The van der Waals surface area contributed by atoms with Gasteiger partial charge in [0, 0.05) is 30.7 Å². The molecule has 0 aliphatic carbocycles.